The van der Waals surface area contributed by atoms with Gasteiger partial charge in [0.1, 0.15) is 0 Å². The second-order valence-corrected chi connectivity index (χ2v) is 4.80. The van der Waals surface area contributed by atoms with Crippen molar-refractivity contribution < 1.29 is 14.0 Å². The molecule has 6 nitrogen and oxygen atoms in total. The van der Waals surface area contributed by atoms with Gasteiger partial charge in [0.05, 0.1) is 20.3 Å². The number of rotatable bonds is 5. The highest BCUT2D eigenvalue weighted by Gasteiger charge is 2.19. The van der Waals surface area contributed by atoms with Gasteiger partial charge in [-0.3, -0.25) is 0 Å². The lowest BCUT2D eigenvalue weighted by Crippen LogP contribution is -2.16. The molecule has 0 spiro atoms. The molecule has 2 N–H and O–H groups in total. The normalized spacial score (nSPS) is 11.9. The van der Waals surface area contributed by atoms with Gasteiger partial charge in [0.2, 0.25) is 11.7 Å². The van der Waals surface area contributed by atoms with Crippen LogP contribution in [0.15, 0.2) is 22.7 Å². The Morgan fingerprint density at radius 2 is 1.81 bits per heavy atom. The van der Waals surface area contributed by atoms with E-state index < -0.39 is 0 Å². The first-order valence-corrected chi connectivity index (χ1v) is 6.38. The van der Waals surface area contributed by atoms with E-state index in [1.165, 1.54) is 0 Å². The highest BCUT2D eigenvalue weighted by atomic mass is 35.5. The maximum Gasteiger partial charge on any atom is 0.244 e. The predicted octanol–water partition coefficient (Wildman–Crippen LogP) is 2.83. The van der Waals surface area contributed by atoms with Crippen molar-refractivity contribution in [1.29, 1.82) is 0 Å². The molecule has 0 aliphatic heterocycles. The van der Waals surface area contributed by atoms with Gasteiger partial charge in [-0.25, -0.2) is 0 Å². The minimum Gasteiger partial charge on any atom is -0.493 e. The highest BCUT2D eigenvalue weighted by molar-refractivity contribution is 5.85. The average molecular weight is 314 g/mol. The first kappa shape index (κ1) is 17.3. The predicted molar refractivity (Wildman–Crippen MR) is 81.9 cm³/mol. The summed E-state index contributed by atoms with van der Waals surface area (Å²) in [6.45, 7) is 4.01. The molecule has 0 amide bonds. The fourth-order valence-electron chi connectivity index (χ4n) is 1.75. The van der Waals surface area contributed by atoms with E-state index in [-0.39, 0.29) is 24.4 Å². The number of hydrogen-bond acceptors (Lipinski definition) is 6. The molecule has 0 saturated heterocycles. The largest absolute Gasteiger partial charge is 0.493 e. The van der Waals surface area contributed by atoms with E-state index in [1.807, 2.05) is 19.9 Å². The van der Waals surface area contributed by atoms with Crippen LogP contribution in [0.25, 0.3) is 11.4 Å². The summed E-state index contributed by atoms with van der Waals surface area (Å²) in [4.78, 5) is 4.33. The van der Waals surface area contributed by atoms with E-state index in [9.17, 15) is 0 Å². The number of halogens is 1. The summed E-state index contributed by atoms with van der Waals surface area (Å²) in [7, 11) is 3.17. The molecule has 2 aromatic rings. The summed E-state index contributed by atoms with van der Waals surface area (Å²) < 4.78 is 15.7. The first-order chi connectivity index (χ1) is 9.56. The molecule has 0 radical (unpaired) electrons. The van der Waals surface area contributed by atoms with E-state index in [2.05, 4.69) is 10.1 Å². The second-order valence-electron chi connectivity index (χ2n) is 4.80. The molecule has 21 heavy (non-hydrogen) atoms. The van der Waals surface area contributed by atoms with Gasteiger partial charge in [0, 0.05) is 5.56 Å². The van der Waals surface area contributed by atoms with Gasteiger partial charge in [0.15, 0.2) is 11.5 Å². The van der Waals surface area contributed by atoms with Gasteiger partial charge in [-0.2, -0.15) is 4.98 Å². The minimum absolute atomic E-state index is 0. The van der Waals surface area contributed by atoms with Crippen molar-refractivity contribution in [3.63, 3.8) is 0 Å². The fourth-order valence-corrected chi connectivity index (χ4v) is 1.75. The van der Waals surface area contributed by atoms with Crippen LogP contribution < -0.4 is 15.2 Å². The minimum atomic E-state index is -0.267. The molecule has 1 heterocycles. The zero-order chi connectivity index (χ0) is 14.7. The molecule has 116 valence electrons. The lowest BCUT2D eigenvalue weighted by Gasteiger charge is -2.09. The van der Waals surface area contributed by atoms with Crippen LogP contribution in [0.4, 0.5) is 0 Å². The average Bonchev–Trinajstić information content (AvgIpc) is 2.95. The topological polar surface area (TPSA) is 83.4 Å². The van der Waals surface area contributed by atoms with Gasteiger partial charge < -0.3 is 19.7 Å². The van der Waals surface area contributed by atoms with Gasteiger partial charge in [-0.1, -0.05) is 19.0 Å². The Bertz CT molecular complexity index is 587. The Labute approximate surface area is 130 Å². The zero-order valence-electron chi connectivity index (χ0n) is 12.5. The third-order valence-corrected chi connectivity index (χ3v) is 3.09. The third kappa shape index (κ3) is 3.65. The molecule has 2 rings (SSSR count). The van der Waals surface area contributed by atoms with Crippen molar-refractivity contribution in [2.75, 3.05) is 14.2 Å². The van der Waals surface area contributed by atoms with Gasteiger partial charge in [-0.15, -0.1) is 12.4 Å². The molecule has 0 saturated carbocycles. The van der Waals surface area contributed by atoms with E-state index in [4.69, 9.17) is 19.7 Å². The Hall–Kier alpha value is -1.79. The maximum atomic E-state index is 5.99. The summed E-state index contributed by atoms with van der Waals surface area (Å²) >= 11 is 0. The lowest BCUT2D eigenvalue weighted by molar-refractivity contribution is 0.325. The number of nitrogens with two attached hydrogens (primary N) is 1. The van der Waals surface area contributed by atoms with E-state index in [0.717, 1.165) is 5.56 Å². The molecule has 0 fully saturated rings. The van der Waals surface area contributed by atoms with Gasteiger partial charge >= 0.3 is 0 Å². The molecule has 7 heteroatoms. The van der Waals surface area contributed by atoms with Gasteiger partial charge in [-0.05, 0) is 24.1 Å². The van der Waals surface area contributed by atoms with Crippen LogP contribution in [0.5, 0.6) is 11.5 Å². The number of aromatic nitrogens is 2. The SMILES string of the molecule is COc1ccc(-c2noc([C@H](N)C(C)C)n2)cc1OC.Cl. The van der Waals surface area contributed by atoms with Crippen molar-refractivity contribution in [3.05, 3.63) is 24.1 Å². The molecular formula is C14H20ClN3O3. The Kier molecular flexibility index (Phi) is 5.99. The van der Waals surface area contributed by atoms with Crippen LogP contribution in [0.1, 0.15) is 25.8 Å². The quantitative estimate of drug-likeness (QED) is 0.913. The standard InChI is InChI=1S/C14H19N3O3.ClH/c1-8(2)12(15)14-16-13(17-20-14)9-5-6-10(18-3)11(7-9)19-4;/h5-8,12H,15H2,1-4H3;1H/t12-;/m1./s1. The summed E-state index contributed by atoms with van der Waals surface area (Å²) in [5, 5.41) is 3.96. The summed E-state index contributed by atoms with van der Waals surface area (Å²) in [5.41, 5.74) is 6.78. The van der Waals surface area contributed by atoms with Crippen molar-refractivity contribution >= 4 is 12.4 Å². The lowest BCUT2D eigenvalue weighted by atomic mass is 10.1. The first-order valence-electron chi connectivity index (χ1n) is 6.38. The van der Waals surface area contributed by atoms with Crippen molar-refractivity contribution in [2.24, 2.45) is 11.7 Å². The van der Waals surface area contributed by atoms with Crippen LogP contribution in [-0.4, -0.2) is 24.4 Å². The third-order valence-electron chi connectivity index (χ3n) is 3.09. The Balaban J connectivity index is 0.00000220. The smallest absolute Gasteiger partial charge is 0.244 e. The van der Waals surface area contributed by atoms with E-state index in [0.29, 0.717) is 23.2 Å². The molecule has 1 atom stereocenters. The van der Waals surface area contributed by atoms with Crippen LogP contribution in [0.2, 0.25) is 0 Å². The fraction of sp³-hybridized carbons (Fsp3) is 0.429. The molecular weight excluding hydrogens is 294 g/mol. The van der Waals surface area contributed by atoms with Crippen LogP contribution in [0, 0.1) is 5.92 Å². The molecule has 0 aliphatic carbocycles. The number of methoxy groups -OCH3 is 2. The molecule has 1 aromatic carbocycles. The monoisotopic (exact) mass is 313 g/mol. The Morgan fingerprint density at radius 1 is 1.14 bits per heavy atom. The second kappa shape index (κ2) is 7.28. The zero-order valence-corrected chi connectivity index (χ0v) is 13.3. The highest BCUT2D eigenvalue weighted by Crippen LogP contribution is 2.31. The summed E-state index contributed by atoms with van der Waals surface area (Å²) in [6, 6.07) is 5.18. The summed E-state index contributed by atoms with van der Waals surface area (Å²) in [6.07, 6.45) is 0. The van der Waals surface area contributed by atoms with Crippen LogP contribution in [-0.2, 0) is 0 Å². The van der Waals surface area contributed by atoms with E-state index >= 15 is 0 Å². The number of nitrogens with zero attached hydrogens (tertiary/aromatic N) is 2. The molecule has 1 aromatic heterocycles. The van der Waals surface area contributed by atoms with Crippen LogP contribution >= 0.6 is 12.4 Å². The molecule has 0 unspecified atom stereocenters. The number of hydrogen-bond donors (Lipinski definition) is 1. The summed E-state index contributed by atoms with van der Waals surface area (Å²) in [5.74, 6) is 2.42. The maximum absolute atomic E-state index is 5.99. The molecule has 0 aliphatic rings. The number of ether oxygens (including phenoxy) is 2. The van der Waals surface area contributed by atoms with Gasteiger partial charge in [0.25, 0.3) is 0 Å². The van der Waals surface area contributed by atoms with Crippen molar-refractivity contribution in [1.82, 2.24) is 10.1 Å². The Morgan fingerprint density at radius 3 is 2.38 bits per heavy atom. The van der Waals surface area contributed by atoms with Crippen molar-refractivity contribution in [3.8, 4) is 22.9 Å². The van der Waals surface area contributed by atoms with Crippen LogP contribution in [0.3, 0.4) is 0 Å². The number of benzene rings is 1. The molecule has 0 bridgehead atoms. The van der Waals surface area contributed by atoms with E-state index in [1.54, 1.807) is 26.4 Å². The van der Waals surface area contributed by atoms with Crippen molar-refractivity contribution in [2.45, 2.75) is 19.9 Å².